The summed E-state index contributed by atoms with van der Waals surface area (Å²) in [6, 6.07) is 0. The monoisotopic (exact) mass is 270 g/mol. The zero-order valence-corrected chi connectivity index (χ0v) is 11.9. The molecule has 0 radical (unpaired) electrons. The Labute approximate surface area is 115 Å². The fraction of sp³-hybridized carbons (Fsp3) is 0.933. The van der Waals surface area contributed by atoms with Crippen LogP contribution in [0.15, 0.2) is 0 Å². The highest BCUT2D eigenvalue weighted by atomic mass is 16.7. The fourth-order valence-electron chi connectivity index (χ4n) is 3.25. The second kappa shape index (κ2) is 7.85. The molecule has 1 saturated carbocycles. The second-order valence-electron chi connectivity index (χ2n) is 5.56. The molecule has 0 bridgehead atoms. The van der Waals surface area contributed by atoms with Crippen molar-refractivity contribution in [2.24, 2.45) is 11.8 Å². The summed E-state index contributed by atoms with van der Waals surface area (Å²) in [5.41, 5.74) is 0. The topological polar surface area (TPSA) is 44.8 Å². The van der Waals surface area contributed by atoms with Gasteiger partial charge in [-0.25, -0.2) is 0 Å². The summed E-state index contributed by atoms with van der Waals surface area (Å²) in [6.45, 7) is 3.99. The summed E-state index contributed by atoms with van der Waals surface area (Å²) in [4.78, 5) is 11.6. The van der Waals surface area contributed by atoms with Gasteiger partial charge in [0.2, 0.25) is 0 Å². The predicted molar refractivity (Wildman–Crippen MR) is 71.6 cm³/mol. The molecule has 0 aromatic carbocycles. The zero-order chi connectivity index (χ0) is 13.5. The Balaban J connectivity index is 1.70. The van der Waals surface area contributed by atoms with Gasteiger partial charge in [0.1, 0.15) is 0 Å². The van der Waals surface area contributed by atoms with E-state index in [1.54, 1.807) is 0 Å². The van der Waals surface area contributed by atoms with Gasteiger partial charge in [-0.05, 0) is 44.4 Å². The Bertz CT molecular complexity index is 273. The number of esters is 1. The van der Waals surface area contributed by atoms with E-state index >= 15 is 0 Å². The first-order valence-electron chi connectivity index (χ1n) is 7.68. The lowest BCUT2D eigenvalue weighted by Gasteiger charge is -2.25. The standard InChI is InChI=1S/C15H26O4/c1-2-17-14(16)11-13-6-3-5-12(13)7-8-15-18-9-4-10-19-15/h12-13,15H,2-11H2,1H3. The maximum atomic E-state index is 11.6. The van der Waals surface area contributed by atoms with Crippen molar-refractivity contribution in [2.75, 3.05) is 19.8 Å². The molecule has 0 aromatic heterocycles. The van der Waals surface area contributed by atoms with Crippen molar-refractivity contribution in [3.8, 4) is 0 Å². The third-order valence-corrected chi connectivity index (χ3v) is 4.22. The molecule has 1 saturated heterocycles. The minimum Gasteiger partial charge on any atom is -0.466 e. The average molecular weight is 270 g/mol. The van der Waals surface area contributed by atoms with Gasteiger partial charge in [0.25, 0.3) is 0 Å². The van der Waals surface area contributed by atoms with Crippen molar-refractivity contribution in [2.45, 2.75) is 58.2 Å². The zero-order valence-electron chi connectivity index (χ0n) is 11.9. The quantitative estimate of drug-likeness (QED) is 0.696. The Morgan fingerprint density at radius 1 is 1.11 bits per heavy atom. The minimum absolute atomic E-state index is 0.0161. The van der Waals surface area contributed by atoms with Gasteiger partial charge in [0.05, 0.1) is 19.8 Å². The summed E-state index contributed by atoms with van der Waals surface area (Å²) in [5.74, 6) is 1.10. The van der Waals surface area contributed by atoms with E-state index < -0.39 is 0 Å². The molecule has 2 unspecified atom stereocenters. The highest BCUT2D eigenvalue weighted by Gasteiger charge is 2.30. The van der Waals surface area contributed by atoms with Crippen LogP contribution in [-0.4, -0.2) is 32.1 Å². The third kappa shape index (κ3) is 4.77. The van der Waals surface area contributed by atoms with Gasteiger partial charge in [-0.1, -0.05) is 12.8 Å². The van der Waals surface area contributed by atoms with Crippen molar-refractivity contribution in [1.29, 1.82) is 0 Å². The number of carbonyl (C=O) groups excluding carboxylic acids is 1. The van der Waals surface area contributed by atoms with E-state index in [1.807, 2.05) is 6.92 Å². The van der Waals surface area contributed by atoms with E-state index in [9.17, 15) is 4.79 Å². The van der Waals surface area contributed by atoms with E-state index in [0.29, 0.717) is 24.9 Å². The number of rotatable bonds is 6. The summed E-state index contributed by atoms with van der Waals surface area (Å²) < 4.78 is 16.2. The molecule has 2 aliphatic rings. The molecule has 2 fully saturated rings. The van der Waals surface area contributed by atoms with E-state index in [1.165, 1.54) is 12.8 Å². The molecule has 4 nitrogen and oxygen atoms in total. The van der Waals surface area contributed by atoms with Crippen LogP contribution >= 0.6 is 0 Å². The Kier molecular flexibility index (Phi) is 6.11. The van der Waals surface area contributed by atoms with E-state index in [4.69, 9.17) is 14.2 Å². The highest BCUT2D eigenvalue weighted by molar-refractivity contribution is 5.69. The lowest BCUT2D eigenvalue weighted by atomic mass is 9.89. The maximum absolute atomic E-state index is 11.6. The van der Waals surface area contributed by atoms with Gasteiger partial charge in [0.15, 0.2) is 6.29 Å². The summed E-state index contributed by atoms with van der Waals surface area (Å²) in [5, 5.41) is 0. The highest BCUT2D eigenvalue weighted by Crippen LogP contribution is 2.37. The van der Waals surface area contributed by atoms with Gasteiger partial charge in [-0.2, -0.15) is 0 Å². The van der Waals surface area contributed by atoms with Crippen molar-refractivity contribution < 1.29 is 19.0 Å². The third-order valence-electron chi connectivity index (χ3n) is 4.22. The predicted octanol–water partition coefficient (Wildman–Crippen LogP) is 2.90. The number of ether oxygens (including phenoxy) is 3. The Morgan fingerprint density at radius 3 is 2.58 bits per heavy atom. The Morgan fingerprint density at radius 2 is 1.84 bits per heavy atom. The van der Waals surface area contributed by atoms with Gasteiger partial charge in [0, 0.05) is 6.42 Å². The summed E-state index contributed by atoms with van der Waals surface area (Å²) in [7, 11) is 0. The first-order chi connectivity index (χ1) is 9.29. The van der Waals surface area contributed by atoms with E-state index in [2.05, 4.69) is 0 Å². The van der Waals surface area contributed by atoms with Gasteiger partial charge in [-0.3, -0.25) is 4.79 Å². The molecule has 1 heterocycles. The van der Waals surface area contributed by atoms with E-state index in [-0.39, 0.29) is 12.3 Å². The molecule has 4 heteroatoms. The fourth-order valence-corrected chi connectivity index (χ4v) is 3.25. The number of carbonyl (C=O) groups is 1. The van der Waals surface area contributed by atoms with Crippen LogP contribution in [0, 0.1) is 11.8 Å². The normalized spacial score (nSPS) is 28.5. The van der Waals surface area contributed by atoms with Crippen molar-refractivity contribution in [3.05, 3.63) is 0 Å². The van der Waals surface area contributed by atoms with Crippen LogP contribution in [0.2, 0.25) is 0 Å². The van der Waals surface area contributed by atoms with Crippen molar-refractivity contribution >= 4 is 5.97 Å². The molecular weight excluding hydrogens is 244 g/mol. The van der Waals surface area contributed by atoms with Crippen LogP contribution < -0.4 is 0 Å². The first-order valence-corrected chi connectivity index (χ1v) is 7.68. The van der Waals surface area contributed by atoms with Crippen LogP contribution in [0.3, 0.4) is 0 Å². The first kappa shape index (κ1) is 14.8. The largest absolute Gasteiger partial charge is 0.466 e. The average Bonchev–Trinajstić information content (AvgIpc) is 2.85. The second-order valence-corrected chi connectivity index (χ2v) is 5.56. The molecule has 1 aliphatic carbocycles. The Hall–Kier alpha value is -0.610. The van der Waals surface area contributed by atoms with Crippen LogP contribution in [0.5, 0.6) is 0 Å². The number of hydrogen-bond donors (Lipinski definition) is 0. The van der Waals surface area contributed by atoms with Crippen LogP contribution in [0.4, 0.5) is 0 Å². The lowest BCUT2D eigenvalue weighted by molar-refractivity contribution is -0.183. The maximum Gasteiger partial charge on any atom is 0.306 e. The molecule has 0 amide bonds. The summed E-state index contributed by atoms with van der Waals surface area (Å²) >= 11 is 0. The molecular formula is C15H26O4. The lowest BCUT2D eigenvalue weighted by Crippen LogP contribution is -2.26. The molecule has 110 valence electrons. The SMILES string of the molecule is CCOC(=O)CC1CCCC1CCC1OCCCO1. The van der Waals surface area contributed by atoms with E-state index in [0.717, 1.165) is 38.9 Å². The molecule has 0 aromatic rings. The van der Waals surface area contributed by atoms with Crippen LogP contribution in [0.1, 0.15) is 51.9 Å². The molecule has 0 spiro atoms. The number of hydrogen-bond acceptors (Lipinski definition) is 4. The minimum atomic E-state index is -0.0374. The molecule has 1 aliphatic heterocycles. The smallest absolute Gasteiger partial charge is 0.306 e. The summed E-state index contributed by atoms with van der Waals surface area (Å²) in [6.07, 6.45) is 7.28. The van der Waals surface area contributed by atoms with Gasteiger partial charge >= 0.3 is 5.97 Å². The van der Waals surface area contributed by atoms with Crippen LogP contribution in [0.25, 0.3) is 0 Å². The van der Waals surface area contributed by atoms with Gasteiger partial charge in [-0.15, -0.1) is 0 Å². The molecule has 0 N–H and O–H groups in total. The molecule has 2 rings (SSSR count). The van der Waals surface area contributed by atoms with Crippen molar-refractivity contribution in [1.82, 2.24) is 0 Å². The van der Waals surface area contributed by atoms with Gasteiger partial charge < -0.3 is 14.2 Å². The molecule has 2 atom stereocenters. The molecule has 19 heavy (non-hydrogen) atoms. The van der Waals surface area contributed by atoms with Crippen molar-refractivity contribution in [3.63, 3.8) is 0 Å². The van der Waals surface area contributed by atoms with Crippen LogP contribution in [-0.2, 0) is 19.0 Å².